The third-order valence-corrected chi connectivity index (χ3v) is 3.48. The van der Waals surface area contributed by atoms with Crippen LogP contribution in [0, 0.1) is 0 Å². The molecule has 0 amide bonds. The minimum Gasteiger partial charge on any atom is -0.307 e. The quantitative estimate of drug-likeness (QED) is 0.888. The maximum Gasteiger partial charge on any atom is 0.251 e. The van der Waals surface area contributed by atoms with Crippen molar-refractivity contribution >= 4 is 11.6 Å². The summed E-state index contributed by atoms with van der Waals surface area (Å²) >= 11 is 0. The van der Waals surface area contributed by atoms with Crippen LogP contribution in [0.5, 0.6) is 0 Å². The number of nitrogens with zero attached hydrogens (tertiary/aromatic N) is 3. The minimum absolute atomic E-state index is 0.0920. The molecule has 0 unspecified atom stereocenters. The predicted molar refractivity (Wildman–Crippen MR) is 89.6 cm³/mol. The van der Waals surface area contributed by atoms with Crippen molar-refractivity contribution in [3.05, 3.63) is 45.9 Å². The molecule has 0 saturated heterocycles. The van der Waals surface area contributed by atoms with Gasteiger partial charge in [-0.3, -0.25) is 9.48 Å². The Morgan fingerprint density at radius 3 is 2.77 bits per heavy atom. The number of hydrogen-bond acceptors (Lipinski definition) is 3. The SMILES string of the molecule is CCCc1cc(=O)[nH]c(/C(=C\c2cnn(C(C)C)c2)CC)n1. The van der Waals surface area contributed by atoms with Gasteiger partial charge in [-0.1, -0.05) is 20.3 Å². The number of hydrogen-bond donors (Lipinski definition) is 1. The summed E-state index contributed by atoms with van der Waals surface area (Å²) in [5.41, 5.74) is 2.79. The van der Waals surface area contributed by atoms with Gasteiger partial charge in [0.05, 0.1) is 6.20 Å². The van der Waals surface area contributed by atoms with Crippen LogP contribution in [-0.2, 0) is 6.42 Å². The number of H-pyrrole nitrogens is 1. The summed E-state index contributed by atoms with van der Waals surface area (Å²) in [6.45, 7) is 8.33. The Bertz CT molecular complexity index is 709. The average Bonchev–Trinajstić information content (AvgIpc) is 2.93. The maximum atomic E-state index is 11.8. The number of rotatable bonds is 6. The maximum absolute atomic E-state index is 11.8. The highest BCUT2D eigenvalue weighted by Gasteiger charge is 2.07. The molecule has 0 saturated carbocycles. The highest BCUT2D eigenvalue weighted by atomic mass is 16.1. The lowest BCUT2D eigenvalue weighted by Crippen LogP contribution is -2.12. The Hall–Kier alpha value is -2.17. The Morgan fingerprint density at radius 2 is 2.18 bits per heavy atom. The van der Waals surface area contributed by atoms with Crippen molar-refractivity contribution in [3.8, 4) is 0 Å². The topological polar surface area (TPSA) is 63.6 Å². The zero-order valence-corrected chi connectivity index (χ0v) is 13.8. The highest BCUT2D eigenvalue weighted by Crippen LogP contribution is 2.18. The molecule has 5 nitrogen and oxygen atoms in total. The molecule has 0 aliphatic heterocycles. The van der Waals surface area contributed by atoms with E-state index in [9.17, 15) is 4.79 Å². The molecule has 0 fully saturated rings. The molecule has 22 heavy (non-hydrogen) atoms. The number of allylic oxidation sites excluding steroid dienone is 1. The summed E-state index contributed by atoms with van der Waals surface area (Å²) in [6, 6.07) is 1.91. The first-order valence-corrected chi connectivity index (χ1v) is 7.88. The van der Waals surface area contributed by atoms with Gasteiger partial charge in [-0.05, 0) is 38.3 Å². The second kappa shape index (κ2) is 7.20. The standard InChI is InChI=1S/C17H24N4O/c1-5-7-15-9-16(22)20-17(19-15)14(6-2)8-13-10-18-21(11-13)12(3)4/h8-12H,5-7H2,1-4H3,(H,19,20,22)/b14-8-. The Morgan fingerprint density at radius 1 is 1.41 bits per heavy atom. The molecule has 2 aromatic heterocycles. The van der Waals surface area contributed by atoms with E-state index >= 15 is 0 Å². The van der Waals surface area contributed by atoms with Crippen molar-refractivity contribution < 1.29 is 0 Å². The van der Waals surface area contributed by atoms with E-state index in [1.807, 2.05) is 23.2 Å². The van der Waals surface area contributed by atoms with Gasteiger partial charge >= 0.3 is 0 Å². The summed E-state index contributed by atoms with van der Waals surface area (Å²) in [6.07, 6.45) is 8.48. The van der Waals surface area contributed by atoms with Crippen LogP contribution in [0.25, 0.3) is 11.6 Å². The molecule has 2 rings (SSSR count). The zero-order valence-electron chi connectivity index (χ0n) is 13.8. The first kappa shape index (κ1) is 16.2. The van der Waals surface area contributed by atoms with Crippen molar-refractivity contribution in [1.29, 1.82) is 0 Å². The molecule has 0 spiro atoms. The molecule has 0 atom stereocenters. The normalized spacial score (nSPS) is 12.1. The monoisotopic (exact) mass is 300 g/mol. The fourth-order valence-corrected chi connectivity index (χ4v) is 2.29. The first-order valence-electron chi connectivity index (χ1n) is 7.88. The van der Waals surface area contributed by atoms with Crippen LogP contribution in [-0.4, -0.2) is 19.7 Å². The van der Waals surface area contributed by atoms with Crippen LogP contribution in [0.3, 0.4) is 0 Å². The first-order chi connectivity index (χ1) is 10.5. The molecule has 2 aromatic rings. The lowest BCUT2D eigenvalue weighted by Gasteiger charge is -2.06. The van der Waals surface area contributed by atoms with Crippen LogP contribution in [0.15, 0.2) is 23.3 Å². The second-order valence-electron chi connectivity index (χ2n) is 5.71. The molecule has 0 bridgehead atoms. The zero-order chi connectivity index (χ0) is 16.1. The van der Waals surface area contributed by atoms with E-state index in [-0.39, 0.29) is 5.56 Å². The summed E-state index contributed by atoms with van der Waals surface area (Å²) in [4.78, 5) is 19.2. The van der Waals surface area contributed by atoms with Crippen LogP contribution in [0.4, 0.5) is 0 Å². The summed E-state index contributed by atoms with van der Waals surface area (Å²) in [7, 11) is 0. The molecule has 0 radical (unpaired) electrons. The summed E-state index contributed by atoms with van der Waals surface area (Å²) < 4.78 is 1.92. The van der Waals surface area contributed by atoms with Crippen molar-refractivity contribution in [2.75, 3.05) is 0 Å². The lowest BCUT2D eigenvalue weighted by atomic mass is 10.1. The van der Waals surface area contributed by atoms with Gasteiger partial charge in [0.15, 0.2) is 0 Å². The number of aromatic nitrogens is 4. The molecular weight excluding hydrogens is 276 g/mol. The largest absolute Gasteiger partial charge is 0.307 e. The van der Waals surface area contributed by atoms with Gasteiger partial charge in [0.25, 0.3) is 5.56 Å². The van der Waals surface area contributed by atoms with Crippen LogP contribution < -0.4 is 5.56 Å². The highest BCUT2D eigenvalue weighted by molar-refractivity contribution is 5.78. The van der Waals surface area contributed by atoms with E-state index in [1.165, 1.54) is 0 Å². The lowest BCUT2D eigenvalue weighted by molar-refractivity contribution is 0.532. The summed E-state index contributed by atoms with van der Waals surface area (Å²) in [5, 5.41) is 4.34. The molecule has 0 aliphatic carbocycles. The molecule has 2 heterocycles. The predicted octanol–water partition coefficient (Wildman–Crippen LogP) is 3.45. The van der Waals surface area contributed by atoms with Gasteiger partial charge in [0, 0.05) is 29.6 Å². The van der Waals surface area contributed by atoms with E-state index in [4.69, 9.17) is 0 Å². The Kier molecular flexibility index (Phi) is 5.31. The molecule has 118 valence electrons. The van der Waals surface area contributed by atoms with E-state index in [2.05, 4.69) is 42.8 Å². The fraction of sp³-hybridized carbons (Fsp3) is 0.471. The molecule has 0 aliphatic rings. The molecular formula is C17H24N4O. The van der Waals surface area contributed by atoms with Crippen molar-refractivity contribution in [3.63, 3.8) is 0 Å². The third kappa shape index (κ3) is 3.93. The van der Waals surface area contributed by atoms with Gasteiger partial charge in [-0.2, -0.15) is 5.10 Å². The van der Waals surface area contributed by atoms with Gasteiger partial charge in [-0.25, -0.2) is 4.98 Å². The van der Waals surface area contributed by atoms with E-state index in [1.54, 1.807) is 6.07 Å². The van der Waals surface area contributed by atoms with Crippen LogP contribution >= 0.6 is 0 Å². The molecule has 5 heteroatoms. The minimum atomic E-state index is -0.0920. The molecule has 1 N–H and O–H groups in total. The molecule has 0 aromatic carbocycles. The third-order valence-electron chi connectivity index (χ3n) is 3.48. The van der Waals surface area contributed by atoms with Gasteiger partial charge < -0.3 is 4.98 Å². The Labute approximate surface area is 131 Å². The van der Waals surface area contributed by atoms with Gasteiger partial charge in [-0.15, -0.1) is 0 Å². The van der Waals surface area contributed by atoms with Crippen molar-refractivity contribution in [2.24, 2.45) is 0 Å². The average molecular weight is 300 g/mol. The van der Waals surface area contributed by atoms with Crippen LogP contribution in [0.1, 0.15) is 63.7 Å². The van der Waals surface area contributed by atoms with Gasteiger partial charge in [0.1, 0.15) is 5.82 Å². The van der Waals surface area contributed by atoms with E-state index in [0.717, 1.165) is 36.1 Å². The van der Waals surface area contributed by atoms with E-state index < -0.39 is 0 Å². The van der Waals surface area contributed by atoms with Crippen molar-refractivity contribution in [2.45, 2.75) is 53.0 Å². The van der Waals surface area contributed by atoms with Gasteiger partial charge in [0.2, 0.25) is 0 Å². The van der Waals surface area contributed by atoms with Crippen molar-refractivity contribution in [1.82, 2.24) is 19.7 Å². The van der Waals surface area contributed by atoms with E-state index in [0.29, 0.717) is 11.9 Å². The number of aryl methyl sites for hydroxylation is 1. The smallest absolute Gasteiger partial charge is 0.251 e. The Balaban J connectivity index is 2.38. The second-order valence-corrected chi connectivity index (χ2v) is 5.71. The van der Waals surface area contributed by atoms with Crippen LogP contribution in [0.2, 0.25) is 0 Å². The summed E-state index contributed by atoms with van der Waals surface area (Å²) in [5.74, 6) is 0.663. The number of aromatic amines is 1. The number of nitrogens with one attached hydrogen (secondary N) is 1. The fourth-order valence-electron chi connectivity index (χ4n) is 2.29.